The van der Waals surface area contributed by atoms with Gasteiger partial charge in [0.2, 0.25) is 0 Å². The first-order chi connectivity index (χ1) is 17.9. The van der Waals surface area contributed by atoms with E-state index in [4.69, 9.17) is 4.42 Å². The lowest BCUT2D eigenvalue weighted by Crippen LogP contribution is -2.13. The van der Waals surface area contributed by atoms with Crippen LogP contribution in [0, 0.1) is 13.8 Å². The van der Waals surface area contributed by atoms with Gasteiger partial charge in [-0.2, -0.15) is 4.80 Å². The van der Waals surface area contributed by atoms with Gasteiger partial charge in [-0.15, -0.1) is 10.2 Å². The quantitative estimate of drug-likeness (QED) is 0.306. The number of nitrogens with zero attached hydrogens (tertiary/aromatic N) is 3. The lowest BCUT2D eigenvalue weighted by molar-refractivity contribution is 0.102. The molecule has 1 amide bonds. The third kappa shape index (κ3) is 4.27. The number of aromatic nitrogens is 3. The number of fused-ring (bicyclic) bond motifs is 2. The molecule has 0 aliphatic rings. The molecule has 4 aromatic carbocycles. The van der Waals surface area contributed by atoms with E-state index in [1.807, 2.05) is 68.4 Å². The third-order valence-corrected chi connectivity index (χ3v) is 6.34. The van der Waals surface area contributed by atoms with Crippen LogP contribution in [0.1, 0.15) is 21.5 Å². The topological polar surface area (TPSA) is 90.0 Å². The molecule has 2 heterocycles. The van der Waals surface area contributed by atoms with Crippen molar-refractivity contribution in [2.75, 3.05) is 5.32 Å². The van der Waals surface area contributed by atoms with Crippen molar-refractivity contribution in [3.8, 4) is 16.8 Å². The fraction of sp³-hybridized carbons (Fsp3) is 0.0667. The van der Waals surface area contributed by atoms with Gasteiger partial charge in [0.25, 0.3) is 5.91 Å². The smallest absolute Gasteiger partial charge is 0.344 e. The highest BCUT2D eigenvalue weighted by Crippen LogP contribution is 2.24. The van der Waals surface area contributed by atoms with Crippen LogP contribution in [0.3, 0.4) is 0 Å². The second-order valence-corrected chi connectivity index (χ2v) is 9.00. The van der Waals surface area contributed by atoms with Crippen molar-refractivity contribution >= 4 is 33.6 Å². The standard InChI is InChI=1S/C30H22N4O3/c1-18-7-13-23(14-8-18)34-32-26-15-19(2)25(17-27(26)33-34)31-29(35)21-11-9-20(10-12-21)24-16-22-5-3-4-6-28(22)37-30(24)36/h3-17H,1-2H3,(H,31,35). The molecule has 0 aliphatic carbocycles. The van der Waals surface area contributed by atoms with Crippen molar-refractivity contribution in [3.63, 3.8) is 0 Å². The van der Waals surface area contributed by atoms with Crippen LogP contribution in [0.5, 0.6) is 0 Å². The number of hydrogen-bond acceptors (Lipinski definition) is 5. The molecule has 7 heteroatoms. The normalized spacial score (nSPS) is 11.2. The van der Waals surface area contributed by atoms with Crippen LogP contribution in [-0.4, -0.2) is 20.9 Å². The number of para-hydroxylation sites is 1. The highest BCUT2D eigenvalue weighted by atomic mass is 16.4. The fourth-order valence-corrected chi connectivity index (χ4v) is 4.25. The third-order valence-electron chi connectivity index (χ3n) is 6.34. The summed E-state index contributed by atoms with van der Waals surface area (Å²) in [6.07, 6.45) is 0. The summed E-state index contributed by atoms with van der Waals surface area (Å²) >= 11 is 0. The number of benzene rings is 4. The molecule has 6 rings (SSSR count). The average molecular weight is 487 g/mol. The molecule has 1 N–H and O–H groups in total. The molecule has 6 aromatic rings. The molecule has 2 aromatic heterocycles. The van der Waals surface area contributed by atoms with E-state index in [0.717, 1.165) is 27.7 Å². The number of carbonyl (C=O) groups is 1. The van der Waals surface area contributed by atoms with Crippen LogP contribution in [0.2, 0.25) is 0 Å². The van der Waals surface area contributed by atoms with Crippen molar-refractivity contribution in [2.24, 2.45) is 0 Å². The van der Waals surface area contributed by atoms with Gasteiger partial charge >= 0.3 is 5.63 Å². The van der Waals surface area contributed by atoms with Crippen molar-refractivity contribution < 1.29 is 9.21 Å². The summed E-state index contributed by atoms with van der Waals surface area (Å²) in [6, 6.07) is 27.8. The molecule has 0 saturated heterocycles. The zero-order valence-electron chi connectivity index (χ0n) is 20.2. The number of rotatable bonds is 4. The largest absolute Gasteiger partial charge is 0.422 e. The summed E-state index contributed by atoms with van der Waals surface area (Å²) in [4.78, 5) is 27.1. The first-order valence-electron chi connectivity index (χ1n) is 11.8. The molecular formula is C30H22N4O3. The Morgan fingerprint density at radius 3 is 2.30 bits per heavy atom. The summed E-state index contributed by atoms with van der Waals surface area (Å²) in [6.45, 7) is 3.95. The molecule has 37 heavy (non-hydrogen) atoms. The average Bonchev–Trinajstić information content (AvgIpc) is 3.31. The Bertz CT molecular complexity index is 1850. The minimum atomic E-state index is -0.418. The van der Waals surface area contributed by atoms with E-state index in [1.54, 1.807) is 41.2 Å². The minimum Gasteiger partial charge on any atom is -0.422 e. The molecule has 180 valence electrons. The monoisotopic (exact) mass is 486 g/mol. The van der Waals surface area contributed by atoms with Gasteiger partial charge in [0.05, 0.1) is 11.3 Å². The molecule has 0 aliphatic heterocycles. The Morgan fingerprint density at radius 2 is 1.54 bits per heavy atom. The number of nitrogens with one attached hydrogen (secondary N) is 1. The van der Waals surface area contributed by atoms with Gasteiger partial charge in [-0.25, -0.2) is 4.79 Å². The molecule has 0 spiro atoms. The number of aryl methyl sites for hydroxylation is 2. The van der Waals surface area contributed by atoms with Crippen LogP contribution >= 0.6 is 0 Å². The molecule has 0 bridgehead atoms. The Kier molecular flexibility index (Phi) is 5.38. The number of hydrogen-bond donors (Lipinski definition) is 1. The van der Waals surface area contributed by atoms with E-state index in [-0.39, 0.29) is 5.91 Å². The molecule has 7 nitrogen and oxygen atoms in total. The number of amides is 1. The van der Waals surface area contributed by atoms with E-state index in [2.05, 4.69) is 15.5 Å². The molecule has 0 saturated carbocycles. The second-order valence-electron chi connectivity index (χ2n) is 9.00. The molecule has 0 fully saturated rings. The van der Waals surface area contributed by atoms with Crippen LogP contribution in [0.4, 0.5) is 5.69 Å². The second kappa shape index (κ2) is 8.87. The number of anilines is 1. The van der Waals surface area contributed by atoms with E-state index >= 15 is 0 Å². The fourth-order valence-electron chi connectivity index (χ4n) is 4.25. The van der Waals surface area contributed by atoms with Crippen LogP contribution < -0.4 is 10.9 Å². The van der Waals surface area contributed by atoms with Crippen molar-refractivity contribution in [1.29, 1.82) is 0 Å². The van der Waals surface area contributed by atoms with Gasteiger partial charge in [0.1, 0.15) is 16.6 Å². The SMILES string of the molecule is Cc1ccc(-n2nc3cc(C)c(NC(=O)c4ccc(-c5cc6ccccc6oc5=O)cc4)cc3n2)cc1. The predicted octanol–water partition coefficient (Wildman–Crippen LogP) is 6.06. The minimum absolute atomic E-state index is 0.259. The van der Waals surface area contributed by atoms with Crippen molar-refractivity contribution in [3.05, 3.63) is 118 Å². The van der Waals surface area contributed by atoms with Crippen LogP contribution in [0.25, 0.3) is 38.8 Å². The number of carbonyl (C=O) groups excluding carboxylic acids is 1. The summed E-state index contributed by atoms with van der Waals surface area (Å²) < 4.78 is 5.44. The Balaban J connectivity index is 1.25. The van der Waals surface area contributed by atoms with Gasteiger partial charge in [0, 0.05) is 16.6 Å². The highest BCUT2D eigenvalue weighted by molar-refractivity contribution is 6.05. The van der Waals surface area contributed by atoms with Crippen molar-refractivity contribution in [2.45, 2.75) is 13.8 Å². The molecule has 0 unspecified atom stereocenters. The maximum absolute atomic E-state index is 13.0. The Hall–Kier alpha value is -5.04. The summed E-state index contributed by atoms with van der Waals surface area (Å²) in [7, 11) is 0. The van der Waals surface area contributed by atoms with Crippen LogP contribution in [0.15, 0.2) is 100 Å². The first-order valence-corrected chi connectivity index (χ1v) is 11.8. The Labute approximate surface area is 212 Å². The molecular weight excluding hydrogens is 464 g/mol. The maximum Gasteiger partial charge on any atom is 0.344 e. The van der Waals surface area contributed by atoms with E-state index in [0.29, 0.717) is 33.5 Å². The first kappa shape index (κ1) is 22.4. The van der Waals surface area contributed by atoms with E-state index < -0.39 is 5.63 Å². The van der Waals surface area contributed by atoms with Crippen LogP contribution in [-0.2, 0) is 0 Å². The highest BCUT2D eigenvalue weighted by Gasteiger charge is 2.13. The predicted molar refractivity (Wildman–Crippen MR) is 144 cm³/mol. The summed E-state index contributed by atoms with van der Waals surface area (Å²) in [5, 5.41) is 13.0. The van der Waals surface area contributed by atoms with Gasteiger partial charge < -0.3 is 9.73 Å². The van der Waals surface area contributed by atoms with Crippen molar-refractivity contribution in [1.82, 2.24) is 15.0 Å². The van der Waals surface area contributed by atoms with Gasteiger partial charge in [0.15, 0.2) is 0 Å². The molecule has 0 atom stereocenters. The van der Waals surface area contributed by atoms with E-state index in [9.17, 15) is 9.59 Å². The zero-order valence-corrected chi connectivity index (χ0v) is 20.2. The summed E-state index contributed by atoms with van der Waals surface area (Å²) in [5.41, 5.74) is 6.71. The summed E-state index contributed by atoms with van der Waals surface area (Å²) in [5.74, 6) is -0.259. The lowest BCUT2D eigenvalue weighted by Gasteiger charge is -2.09. The van der Waals surface area contributed by atoms with Gasteiger partial charge in [-0.05, 0) is 73.5 Å². The van der Waals surface area contributed by atoms with Gasteiger partial charge in [-0.3, -0.25) is 4.79 Å². The Morgan fingerprint density at radius 1 is 0.838 bits per heavy atom. The maximum atomic E-state index is 13.0. The molecule has 0 radical (unpaired) electrons. The lowest BCUT2D eigenvalue weighted by atomic mass is 10.0. The van der Waals surface area contributed by atoms with E-state index in [1.165, 1.54) is 0 Å². The zero-order chi connectivity index (χ0) is 25.5. The van der Waals surface area contributed by atoms with Gasteiger partial charge in [-0.1, -0.05) is 48.0 Å².